The van der Waals surface area contributed by atoms with Crippen LogP contribution in [-0.4, -0.2) is 26.0 Å². The number of sulfone groups is 1. The van der Waals surface area contributed by atoms with Crippen molar-refractivity contribution in [2.24, 2.45) is 5.84 Å². The third-order valence-corrected chi connectivity index (χ3v) is 5.13. The van der Waals surface area contributed by atoms with E-state index in [9.17, 15) is 8.42 Å². The molecule has 110 valence electrons. The van der Waals surface area contributed by atoms with E-state index in [2.05, 4.69) is 12.3 Å². The Kier molecular flexibility index (Phi) is 10.7. The Bertz CT molecular complexity index is 279. The van der Waals surface area contributed by atoms with Crippen LogP contribution in [0.5, 0.6) is 0 Å². The van der Waals surface area contributed by atoms with Gasteiger partial charge in [0, 0.05) is 11.8 Å². The fraction of sp³-hybridized carbons (Fsp3) is 1.00. The lowest BCUT2D eigenvalue weighted by atomic mass is 10.0. The summed E-state index contributed by atoms with van der Waals surface area (Å²) in [5.41, 5.74) is 2.80. The van der Waals surface area contributed by atoms with Crippen LogP contribution in [-0.2, 0) is 9.84 Å². The molecule has 0 aliphatic carbocycles. The molecule has 18 heavy (non-hydrogen) atoms. The summed E-state index contributed by atoms with van der Waals surface area (Å²) in [6.45, 7) is 3.90. The minimum absolute atomic E-state index is 0.241. The van der Waals surface area contributed by atoms with E-state index < -0.39 is 9.84 Å². The average molecular weight is 278 g/mol. The van der Waals surface area contributed by atoms with Crippen LogP contribution in [0, 0.1) is 0 Å². The molecule has 0 heterocycles. The summed E-state index contributed by atoms with van der Waals surface area (Å²) in [4.78, 5) is 0. The molecule has 0 bridgehead atoms. The van der Waals surface area contributed by atoms with E-state index in [1.165, 1.54) is 32.1 Å². The Morgan fingerprint density at radius 1 is 1.00 bits per heavy atom. The fourth-order valence-electron chi connectivity index (χ4n) is 2.00. The van der Waals surface area contributed by atoms with Crippen molar-refractivity contribution in [1.82, 2.24) is 5.43 Å². The van der Waals surface area contributed by atoms with Gasteiger partial charge in [0.2, 0.25) is 0 Å². The van der Waals surface area contributed by atoms with E-state index in [1.54, 1.807) is 6.92 Å². The first-order valence-corrected chi connectivity index (χ1v) is 9.04. The molecule has 0 spiro atoms. The number of rotatable bonds is 12. The lowest BCUT2D eigenvalue weighted by Crippen LogP contribution is -2.35. The lowest BCUT2D eigenvalue weighted by Gasteiger charge is -2.15. The van der Waals surface area contributed by atoms with Crippen LogP contribution < -0.4 is 11.3 Å². The number of nitrogens with one attached hydrogen (secondary N) is 1. The van der Waals surface area contributed by atoms with E-state index in [4.69, 9.17) is 5.84 Å². The first-order valence-electron chi connectivity index (χ1n) is 7.22. The number of hydrazine groups is 1. The van der Waals surface area contributed by atoms with E-state index >= 15 is 0 Å². The number of hydrogen-bond donors (Lipinski definition) is 2. The summed E-state index contributed by atoms with van der Waals surface area (Å²) >= 11 is 0. The van der Waals surface area contributed by atoms with E-state index in [0.717, 1.165) is 12.8 Å². The predicted molar refractivity (Wildman–Crippen MR) is 78.0 cm³/mol. The molecule has 5 heteroatoms. The molecule has 0 aromatic carbocycles. The van der Waals surface area contributed by atoms with E-state index in [-0.39, 0.29) is 17.5 Å². The van der Waals surface area contributed by atoms with Gasteiger partial charge in [0.05, 0.1) is 5.75 Å². The zero-order valence-corrected chi connectivity index (χ0v) is 12.8. The van der Waals surface area contributed by atoms with Gasteiger partial charge in [-0.25, -0.2) is 8.42 Å². The van der Waals surface area contributed by atoms with E-state index in [0.29, 0.717) is 6.42 Å². The van der Waals surface area contributed by atoms with Crippen LogP contribution in [0.4, 0.5) is 0 Å². The van der Waals surface area contributed by atoms with Gasteiger partial charge >= 0.3 is 0 Å². The molecule has 0 rings (SSSR count). The van der Waals surface area contributed by atoms with Crippen LogP contribution in [0.2, 0.25) is 0 Å². The summed E-state index contributed by atoms with van der Waals surface area (Å²) in [5.74, 6) is 6.03. The number of unbranched alkanes of at least 4 members (excludes halogenated alkanes) is 4. The topological polar surface area (TPSA) is 72.2 Å². The van der Waals surface area contributed by atoms with Crippen LogP contribution in [0.3, 0.4) is 0 Å². The molecule has 3 N–H and O–H groups in total. The first kappa shape index (κ1) is 17.9. The van der Waals surface area contributed by atoms with Gasteiger partial charge in [0.1, 0.15) is 9.84 Å². The maximum Gasteiger partial charge on any atom is 0.150 e. The zero-order valence-electron chi connectivity index (χ0n) is 12.0. The Morgan fingerprint density at radius 2 is 1.61 bits per heavy atom. The first-order chi connectivity index (χ1) is 8.55. The van der Waals surface area contributed by atoms with Crippen molar-refractivity contribution >= 4 is 9.84 Å². The average Bonchev–Trinajstić information content (AvgIpc) is 2.36. The fourth-order valence-corrected chi connectivity index (χ4v) is 2.89. The number of hydrogen-bond acceptors (Lipinski definition) is 4. The van der Waals surface area contributed by atoms with Gasteiger partial charge in [-0.1, -0.05) is 46.0 Å². The number of nitrogens with two attached hydrogens (primary N) is 1. The van der Waals surface area contributed by atoms with Gasteiger partial charge in [-0.2, -0.15) is 0 Å². The van der Waals surface area contributed by atoms with Crippen molar-refractivity contribution in [1.29, 1.82) is 0 Å². The maximum absolute atomic E-state index is 11.3. The summed E-state index contributed by atoms with van der Waals surface area (Å²) < 4.78 is 22.7. The van der Waals surface area contributed by atoms with Gasteiger partial charge < -0.3 is 0 Å². The minimum atomic E-state index is -2.82. The highest BCUT2D eigenvalue weighted by Crippen LogP contribution is 2.10. The molecule has 0 aliphatic rings. The van der Waals surface area contributed by atoms with Gasteiger partial charge in [0.15, 0.2) is 0 Å². The van der Waals surface area contributed by atoms with Gasteiger partial charge in [-0.15, -0.1) is 0 Å². The van der Waals surface area contributed by atoms with E-state index in [1.807, 2.05) is 0 Å². The second-order valence-electron chi connectivity index (χ2n) is 4.95. The molecule has 0 fully saturated rings. The molecule has 0 radical (unpaired) electrons. The molecule has 0 aromatic rings. The normalized spacial score (nSPS) is 13.7. The van der Waals surface area contributed by atoms with Gasteiger partial charge in [0.25, 0.3) is 0 Å². The summed E-state index contributed by atoms with van der Waals surface area (Å²) in [7, 11) is -2.82. The molecule has 1 unspecified atom stereocenters. The third-order valence-electron chi connectivity index (χ3n) is 3.34. The molecule has 0 saturated carbocycles. The summed E-state index contributed by atoms with van der Waals surface area (Å²) in [6.07, 6.45) is 8.88. The van der Waals surface area contributed by atoms with Gasteiger partial charge in [-0.3, -0.25) is 11.3 Å². The van der Waals surface area contributed by atoms with Crippen molar-refractivity contribution in [2.75, 3.05) is 11.5 Å². The second-order valence-corrected chi connectivity index (χ2v) is 7.42. The third kappa shape index (κ3) is 9.85. The van der Waals surface area contributed by atoms with Crippen molar-refractivity contribution in [3.05, 3.63) is 0 Å². The molecule has 0 aliphatic heterocycles. The smallest absolute Gasteiger partial charge is 0.150 e. The Labute approximate surface area is 113 Å². The summed E-state index contributed by atoms with van der Waals surface area (Å²) in [6, 6.07) is 0.263. The van der Waals surface area contributed by atoms with Crippen molar-refractivity contribution in [2.45, 2.75) is 71.3 Å². The second kappa shape index (κ2) is 10.8. The predicted octanol–water partition coefficient (Wildman–Crippen LogP) is 2.39. The minimum Gasteiger partial charge on any atom is -0.271 e. The quantitative estimate of drug-likeness (QED) is 0.327. The SMILES string of the molecule is CCCCCCCC(CCCS(=O)(=O)CC)NN. The Balaban J connectivity index is 3.64. The molecule has 4 nitrogen and oxygen atoms in total. The van der Waals surface area contributed by atoms with Crippen LogP contribution in [0.15, 0.2) is 0 Å². The van der Waals surface area contributed by atoms with Crippen LogP contribution >= 0.6 is 0 Å². The Hall–Kier alpha value is -0.130. The molecular formula is C13H30N2O2S. The highest BCUT2D eigenvalue weighted by Gasteiger charge is 2.10. The molecule has 0 aromatic heterocycles. The van der Waals surface area contributed by atoms with Crippen LogP contribution in [0.1, 0.15) is 65.2 Å². The largest absolute Gasteiger partial charge is 0.271 e. The molecular weight excluding hydrogens is 248 g/mol. The standard InChI is InChI=1S/C13H30N2O2S/c1-3-5-6-7-8-10-13(15-14)11-9-12-18(16,17)4-2/h13,15H,3-12,14H2,1-2H3. The van der Waals surface area contributed by atoms with Gasteiger partial charge in [-0.05, 0) is 19.3 Å². The molecule has 1 atom stereocenters. The van der Waals surface area contributed by atoms with Crippen molar-refractivity contribution in [3.8, 4) is 0 Å². The lowest BCUT2D eigenvalue weighted by molar-refractivity contribution is 0.435. The van der Waals surface area contributed by atoms with Crippen molar-refractivity contribution < 1.29 is 8.42 Å². The zero-order chi connectivity index (χ0) is 13.9. The van der Waals surface area contributed by atoms with Crippen LogP contribution in [0.25, 0.3) is 0 Å². The Morgan fingerprint density at radius 3 is 2.17 bits per heavy atom. The highest BCUT2D eigenvalue weighted by atomic mass is 32.2. The summed E-state index contributed by atoms with van der Waals surface area (Å²) in [5, 5.41) is 0. The highest BCUT2D eigenvalue weighted by molar-refractivity contribution is 7.91. The van der Waals surface area contributed by atoms with Crippen molar-refractivity contribution in [3.63, 3.8) is 0 Å². The molecule has 0 amide bonds. The maximum atomic E-state index is 11.3. The molecule has 0 saturated heterocycles. The monoisotopic (exact) mass is 278 g/mol.